The average molecular weight is 294 g/mol. The van der Waals surface area contributed by atoms with Gasteiger partial charge in [0.15, 0.2) is 11.5 Å². The zero-order chi connectivity index (χ0) is 15.3. The molecule has 0 radical (unpaired) electrons. The van der Waals surface area contributed by atoms with E-state index in [1.807, 2.05) is 19.1 Å². The van der Waals surface area contributed by atoms with E-state index < -0.39 is 0 Å². The van der Waals surface area contributed by atoms with Crippen molar-refractivity contribution in [2.45, 2.75) is 25.8 Å². The first kappa shape index (κ1) is 16.1. The summed E-state index contributed by atoms with van der Waals surface area (Å²) in [4.78, 5) is 2.39. The summed E-state index contributed by atoms with van der Waals surface area (Å²) in [5.74, 6) is 0.720. The fraction of sp³-hybridized carbons (Fsp3) is 0.625. The van der Waals surface area contributed by atoms with Crippen molar-refractivity contribution in [1.82, 2.24) is 4.90 Å². The van der Waals surface area contributed by atoms with Crippen LogP contribution < -0.4 is 10.5 Å². The van der Waals surface area contributed by atoms with Crippen molar-refractivity contribution < 1.29 is 14.6 Å². The molecule has 1 aliphatic rings. The molecule has 1 heterocycles. The molecule has 3 N–H and O–H groups in total. The number of hydrogen-bond donors (Lipinski definition) is 2. The lowest BCUT2D eigenvalue weighted by Gasteiger charge is -2.43. The van der Waals surface area contributed by atoms with Crippen LogP contribution >= 0.6 is 0 Å². The van der Waals surface area contributed by atoms with Crippen LogP contribution in [0.4, 0.5) is 0 Å². The molecule has 118 valence electrons. The maximum Gasteiger partial charge on any atom is 0.161 e. The summed E-state index contributed by atoms with van der Waals surface area (Å²) in [7, 11) is 0. The fourth-order valence-electron chi connectivity index (χ4n) is 2.80. The smallest absolute Gasteiger partial charge is 0.161 e. The van der Waals surface area contributed by atoms with Crippen LogP contribution in [0.1, 0.15) is 19.4 Å². The molecule has 0 saturated carbocycles. The molecule has 1 aliphatic heterocycles. The Bertz CT molecular complexity index is 461. The van der Waals surface area contributed by atoms with Crippen molar-refractivity contribution in [2.75, 3.05) is 39.5 Å². The van der Waals surface area contributed by atoms with E-state index in [0.717, 1.165) is 38.3 Å². The third-order valence-electron chi connectivity index (χ3n) is 4.12. The maximum atomic E-state index is 9.79. The number of nitrogens with two attached hydrogens (primary N) is 1. The Morgan fingerprint density at radius 2 is 2.10 bits per heavy atom. The van der Waals surface area contributed by atoms with Crippen LogP contribution in [0.5, 0.6) is 11.5 Å². The van der Waals surface area contributed by atoms with Gasteiger partial charge in [-0.1, -0.05) is 6.07 Å². The van der Waals surface area contributed by atoms with Gasteiger partial charge in [0.05, 0.1) is 19.8 Å². The molecule has 1 aromatic carbocycles. The normalized spacial score (nSPS) is 19.2. The molecule has 21 heavy (non-hydrogen) atoms. The molecule has 1 aromatic rings. The highest BCUT2D eigenvalue weighted by molar-refractivity contribution is 5.42. The molecule has 0 bridgehead atoms. The minimum atomic E-state index is -0.107. The van der Waals surface area contributed by atoms with Gasteiger partial charge in [0.1, 0.15) is 0 Å². The van der Waals surface area contributed by atoms with E-state index in [2.05, 4.69) is 11.8 Å². The highest BCUT2D eigenvalue weighted by Gasteiger charge is 2.32. The van der Waals surface area contributed by atoms with E-state index in [1.165, 1.54) is 0 Å². The Morgan fingerprint density at radius 3 is 2.71 bits per heavy atom. The molecular weight excluding hydrogens is 268 g/mol. The lowest BCUT2D eigenvalue weighted by Crippen LogP contribution is -2.56. The Hall–Kier alpha value is -1.30. The minimum absolute atomic E-state index is 0.107. The highest BCUT2D eigenvalue weighted by Crippen LogP contribution is 2.29. The molecule has 0 aliphatic carbocycles. The zero-order valence-electron chi connectivity index (χ0n) is 13.0. The van der Waals surface area contributed by atoms with E-state index in [4.69, 9.17) is 15.2 Å². The molecule has 0 spiro atoms. The number of phenolic OH excluding ortho intramolecular Hbond substituents is 1. The number of ether oxygens (including phenoxy) is 2. The Kier molecular flexibility index (Phi) is 5.45. The van der Waals surface area contributed by atoms with Crippen LogP contribution in [-0.4, -0.2) is 55.0 Å². The highest BCUT2D eigenvalue weighted by atomic mass is 16.5. The first-order chi connectivity index (χ1) is 10.1. The molecular formula is C16H26N2O3. The molecule has 0 amide bonds. The summed E-state index contributed by atoms with van der Waals surface area (Å²) in [6, 6.07) is 5.54. The number of hydrogen-bond acceptors (Lipinski definition) is 5. The number of morpholine rings is 1. The molecule has 5 nitrogen and oxygen atoms in total. The second-order valence-corrected chi connectivity index (χ2v) is 5.71. The van der Waals surface area contributed by atoms with E-state index >= 15 is 0 Å². The molecule has 1 atom stereocenters. The number of nitrogens with zero attached hydrogens (tertiary/aromatic N) is 1. The Balaban J connectivity index is 2.15. The van der Waals surface area contributed by atoms with Crippen LogP contribution in [-0.2, 0) is 11.2 Å². The molecule has 1 unspecified atom stereocenters. The quantitative estimate of drug-likeness (QED) is 0.830. The second-order valence-electron chi connectivity index (χ2n) is 5.71. The van der Waals surface area contributed by atoms with Gasteiger partial charge >= 0.3 is 0 Å². The van der Waals surface area contributed by atoms with Gasteiger partial charge in [-0.2, -0.15) is 0 Å². The van der Waals surface area contributed by atoms with Gasteiger partial charge in [-0.05, 0) is 38.0 Å². The maximum absolute atomic E-state index is 9.79. The van der Waals surface area contributed by atoms with Crippen molar-refractivity contribution in [3.63, 3.8) is 0 Å². The van der Waals surface area contributed by atoms with Gasteiger partial charge < -0.3 is 20.3 Å². The predicted octanol–water partition coefficient (Wildman–Crippen LogP) is 1.38. The van der Waals surface area contributed by atoms with Crippen molar-refractivity contribution >= 4 is 0 Å². The monoisotopic (exact) mass is 294 g/mol. The van der Waals surface area contributed by atoms with Crippen LogP contribution in [0, 0.1) is 0 Å². The van der Waals surface area contributed by atoms with Crippen molar-refractivity contribution in [2.24, 2.45) is 5.73 Å². The number of benzene rings is 1. The van der Waals surface area contributed by atoms with Gasteiger partial charge in [0.2, 0.25) is 0 Å². The van der Waals surface area contributed by atoms with Crippen LogP contribution in [0.15, 0.2) is 18.2 Å². The van der Waals surface area contributed by atoms with Crippen LogP contribution in [0.2, 0.25) is 0 Å². The Morgan fingerprint density at radius 1 is 1.38 bits per heavy atom. The standard InChI is InChI=1S/C16H26N2O3/c1-3-21-15-10-13(4-5-14(15)19)11-16(2,12-17)18-6-8-20-9-7-18/h4-5,10,19H,3,6-9,11-12,17H2,1-2H3. The van der Waals surface area contributed by atoms with Gasteiger partial charge in [0.25, 0.3) is 0 Å². The summed E-state index contributed by atoms with van der Waals surface area (Å²) in [5, 5.41) is 9.79. The summed E-state index contributed by atoms with van der Waals surface area (Å²) < 4.78 is 10.9. The third-order valence-corrected chi connectivity index (χ3v) is 4.12. The van der Waals surface area contributed by atoms with E-state index in [0.29, 0.717) is 18.9 Å². The van der Waals surface area contributed by atoms with Crippen molar-refractivity contribution in [3.8, 4) is 11.5 Å². The third kappa shape index (κ3) is 3.87. The lowest BCUT2D eigenvalue weighted by molar-refractivity contribution is -0.0132. The first-order valence-electron chi connectivity index (χ1n) is 7.56. The van der Waals surface area contributed by atoms with E-state index in [9.17, 15) is 5.11 Å². The number of aromatic hydroxyl groups is 1. The first-order valence-corrected chi connectivity index (χ1v) is 7.56. The zero-order valence-corrected chi connectivity index (χ0v) is 13.0. The molecule has 2 rings (SSSR count). The van der Waals surface area contributed by atoms with E-state index in [1.54, 1.807) is 6.07 Å². The van der Waals surface area contributed by atoms with Crippen LogP contribution in [0.25, 0.3) is 0 Å². The van der Waals surface area contributed by atoms with Crippen molar-refractivity contribution in [3.05, 3.63) is 23.8 Å². The Labute approximate surface area is 126 Å². The molecule has 0 aromatic heterocycles. The summed E-state index contributed by atoms with van der Waals surface area (Å²) in [6.07, 6.45) is 0.823. The number of phenols is 1. The van der Waals surface area contributed by atoms with Gasteiger partial charge in [-0.15, -0.1) is 0 Å². The summed E-state index contributed by atoms with van der Waals surface area (Å²) in [6.45, 7) is 8.54. The topological polar surface area (TPSA) is 68.0 Å². The van der Waals surface area contributed by atoms with Crippen LogP contribution in [0.3, 0.4) is 0 Å². The van der Waals surface area contributed by atoms with Gasteiger partial charge in [0, 0.05) is 25.2 Å². The molecule has 5 heteroatoms. The van der Waals surface area contributed by atoms with Crippen molar-refractivity contribution in [1.29, 1.82) is 0 Å². The van der Waals surface area contributed by atoms with Gasteiger partial charge in [-0.3, -0.25) is 4.90 Å². The second kappa shape index (κ2) is 7.11. The molecule has 1 fully saturated rings. The predicted molar refractivity (Wildman–Crippen MR) is 82.8 cm³/mol. The SMILES string of the molecule is CCOc1cc(CC(C)(CN)N2CCOCC2)ccc1O. The van der Waals surface area contributed by atoms with E-state index in [-0.39, 0.29) is 11.3 Å². The van der Waals surface area contributed by atoms with Gasteiger partial charge in [-0.25, -0.2) is 0 Å². The number of rotatable bonds is 6. The summed E-state index contributed by atoms with van der Waals surface area (Å²) in [5.41, 5.74) is 7.06. The largest absolute Gasteiger partial charge is 0.504 e. The fourth-order valence-corrected chi connectivity index (χ4v) is 2.80. The lowest BCUT2D eigenvalue weighted by atomic mass is 9.90. The summed E-state index contributed by atoms with van der Waals surface area (Å²) >= 11 is 0. The average Bonchev–Trinajstić information content (AvgIpc) is 2.51. The minimum Gasteiger partial charge on any atom is -0.504 e. The molecule has 1 saturated heterocycles.